The molecule has 0 radical (unpaired) electrons. The summed E-state index contributed by atoms with van der Waals surface area (Å²) < 4.78 is 0. The number of nitrogens with one attached hydrogen (secondary N) is 1. The highest BCUT2D eigenvalue weighted by Crippen LogP contribution is 2.15. The first-order valence-corrected chi connectivity index (χ1v) is 18.0. The predicted octanol–water partition coefficient (Wildman–Crippen LogP) is 9.31. The molecule has 0 saturated carbocycles. The summed E-state index contributed by atoms with van der Waals surface area (Å²) in [4.78, 5) is 12.3. The molecule has 0 saturated heterocycles. The summed E-state index contributed by atoms with van der Waals surface area (Å²) in [6.45, 7) is 4.15. The molecule has 5 heteroatoms. The van der Waals surface area contributed by atoms with Crippen LogP contribution in [0, 0.1) is 0 Å². The first kappa shape index (κ1) is 40.1. The van der Waals surface area contributed by atoms with Gasteiger partial charge in [0.25, 0.3) is 0 Å². The maximum Gasteiger partial charge on any atom is 0.220 e. The molecule has 0 aliphatic heterocycles. The fraction of sp³-hybridized carbons (Fsp3) is 0.917. The van der Waals surface area contributed by atoms with Gasteiger partial charge in [-0.3, -0.25) is 4.79 Å². The van der Waals surface area contributed by atoms with Gasteiger partial charge in [0.05, 0.1) is 18.8 Å². The summed E-state index contributed by atoms with van der Waals surface area (Å²) in [6.07, 6.45) is 34.4. The Balaban J connectivity index is 3.71. The van der Waals surface area contributed by atoms with E-state index in [2.05, 4.69) is 31.3 Å². The fourth-order valence-electron chi connectivity index (χ4n) is 5.51. The van der Waals surface area contributed by atoms with Crippen LogP contribution in [-0.4, -0.2) is 46.1 Å². The van der Waals surface area contributed by atoms with E-state index in [9.17, 15) is 20.1 Å². The molecule has 0 fully saturated rings. The van der Waals surface area contributed by atoms with Crippen molar-refractivity contribution < 1.29 is 20.1 Å². The van der Waals surface area contributed by atoms with Gasteiger partial charge in [-0.1, -0.05) is 154 Å². The Hall–Kier alpha value is -0.910. The molecule has 1 amide bonds. The minimum Gasteiger partial charge on any atom is -0.394 e. The molecular formula is C36H71NO4. The van der Waals surface area contributed by atoms with Crippen molar-refractivity contribution in [2.24, 2.45) is 0 Å². The lowest BCUT2D eigenvalue weighted by Crippen LogP contribution is -2.50. The zero-order valence-corrected chi connectivity index (χ0v) is 27.4. The standard InChI is InChI=1S/C36H71NO4/c1-3-5-7-9-11-13-15-17-18-19-21-23-25-27-29-31-35(40)37-33(32-38)36(41)34(39)30-28-26-24-22-20-16-14-12-10-8-6-4-2/h17-18,33-34,36,38-39,41H,3-16,19-32H2,1-2H3,(H,37,40)/b18-17-/t33-,34?,36-/m0/s1. The molecule has 0 aliphatic carbocycles. The van der Waals surface area contributed by atoms with Gasteiger partial charge in [0, 0.05) is 6.42 Å². The van der Waals surface area contributed by atoms with E-state index in [0.29, 0.717) is 12.8 Å². The van der Waals surface area contributed by atoms with E-state index < -0.39 is 18.2 Å². The van der Waals surface area contributed by atoms with Gasteiger partial charge in [-0.25, -0.2) is 0 Å². The lowest BCUT2D eigenvalue weighted by molar-refractivity contribution is -0.124. The second-order valence-electron chi connectivity index (χ2n) is 12.4. The Kier molecular flexibility index (Phi) is 31.3. The smallest absolute Gasteiger partial charge is 0.220 e. The molecule has 0 aliphatic rings. The Bertz CT molecular complexity index is 568. The van der Waals surface area contributed by atoms with Gasteiger partial charge in [-0.05, 0) is 38.5 Å². The van der Waals surface area contributed by atoms with Crippen molar-refractivity contribution >= 4 is 5.91 Å². The third-order valence-electron chi connectivity index (χ3n) is 8.37. The first-order valence-electron chi connectivity index (χ1n) is 18.0. The van der Waals surface area contributed by atoms with Crippen molar-refractivity contribution in [1.29, 1.82) is 0 Å². The second kappa shape index (κ2) is 32.0. The molecule has 4 N–H and O–H groups in total. The van der Waals surface area contributed by atoms with Crippen LogP contribution in [0.2, 0.25) is 0 Å². The van der Waals surface area contributed by atoms with Crippen molar-refractivity contribution in [1.82, 2.24) is 5.32 Å². The largest absolute Gasteiger partial charge is 0.394 e. The quantitative estimate of drug-likeness (QED) is 0.0471. The fourth-order valence-corrected chi connectivity index (χ4v) is 5.51. The molecule has 244 valence electrons. The molecule has 0 heterocycles. The number of hydrogen-bond acceptors (Lipinski definition) is 4. The number of amides is 1. The van der Waals surface area contributed by atoms with E-state index in [1.807, 2.05) is 0 Å². The van der Waals surface area contributed by atoms with E-state index in [1.165, 1.54) is 116 Å². The van der Waals surface area contributed by atoms with Crippen LogP contribution in [0.4, 0.5) is 0 Å². The molecule has 0 aromatic carbocycles. The zero-order valence-electron chi connectivity index (χ0n) is 27.4. The van der Waals surface area contributed by atoms with Crippen LogP contribution >= 0.6 is 0 Å². The van der Waals surface area contributed by atoms with Gasteiger partial charge in [0.2, 0.25) is 5.91 Å². The average molecular weight is 582 g/mol. The highest BCUT2D eigenvalue weighted by Gasteiger charge is 2.26. The number of aliphatic hydroxyl groups is 3. The molecule has 0 rings (SSSR count). The van der Waals surface area contributed by atoms with Crippen molar-refractivity contribution in [2.75, 3.05) is 6.61 Å². The number of carbonyl (C=O) groups is 1. The number of hydrogen-bond donors (Lipinski definition) is 4. The van der Waals surface area contributed by atoms with Crippen LogP contribution in [0.3, 0.4) is 0 Å². The van der Waals surface area contributed by atoms with Crippen LogP contribution in [0.15, 0.2) is 12.2 Å². The van der Waals surface area contributed by atoms with Crippen LogP contribution < -0.4 is 5.32 Å². The van der Waals surface area contributed by atoms with Crippen molar-refractivity contribution in [2.45, 2.75) is 205 Å². The van der Waals surface area contributed by atoms with Crippen LogP contribution in [0.1, 0.15) is 187 Å². The van der Waals surface area contributed by atoms with Gasteiger partial charge in [0.15, 0.2) is 0 Å². The molecule has 3 atom stereocenters. The van der Waals surface area contributed by atoms with E-state index >= 15 is 0 Å². The molecule has 41 heavy (non-hydrogen) atoms. The summed E-state index contributed by atoms with van der Waals surface area (Å²) in [5.74, 6) is -0.154. The molecule has 0 aromatic heterocycles. The number of rotatable bonds is 32. The van der Waals surface area contributed by atoms with Crippen molar-refractivity contribution in [3.63, 3.8) is 0 Å². The van der Waals surface area contributed by atoms with Gasteiger partial charge >= 0.3 is 0 Å². The van der Waals surface area contributed by atoms with Gasteiger partial charge < -0.3 is 20.6 Å². The van der Waals surface area contributed by atoms with E-state index in [1.54, 1.807) is 0 Å². The van der Waals surface area contributed by atoms with Crippen LogP contribution in [-0.2, 0) is 4.79 Å². The molecule has 0 bridgehead atoms. The third kappa shape index (κ3) is 27.7. The maximum absolute atomic E-state index is 12.3. The first-order chi connectivity index (χ1) is 20.1. The Morgan fingerprint density at radius 2 is 0.976 bits per heavy atom. The van der Waals surface area contributed by atoms with Crippen LogP contribution in [0.5, 0.6) is 0 Å². The normalized spacial score (nSPS) is 14.0. The molecule has 0 aromatic rings. The Morgan fingerprint density at radius 3 is 1.41 bits per heavy atom. The van der Waals surface area contributed by atoms with E-state index in [4.69, 9.17) is 0 Å². The Labute approximate surface area is 255 Å². The highest BCUT2D eigenvalue weighted by atomic mass is 16.3. The van der Waals surface area contributed by atoms with Gasteiger partial charge in [0.1, 0.15) is 6.10 Å². The molecule has 0 spiro atoms. The number of carbonyl (C=O) groups excluding carboxylic acids is 1. The van der Waals surface area contributed by atoms with E-state index in [0.717, 1.165) is 44.9 Å². The lowest BCUT2D eigenvalue weighted by atomic mass is 9.99. The lowest BCUT2D eigenvalue weighted by Gasteiger charge is -2.26. The minimum absolute atomic E-state index is 0.154. The van der Waals surface area contributed by atoms with Crippen LogP contribution in [0.25, 0.3) is 0 Å². The topological polar surface area (TPSA) is 89.8 Å². The van der Waals surface area contributed by atoms with E-state index in [-0.39, 0.29) is 12.5 Å². The van der Waals surface area contributed by atoms with Gasteiger partial charge in [-0.15, -0.1) is 0 Å². The second-order valence-corrected chi connectivity index (χ2v) is 12.4. The number of allylic oxidation sites excluding steroid dienone is 2. The molecule has 1 unspecified atom stereocenters. The highest BCUT2D eigenvalue weighted by molar-refractivity contribution is 5.76. The third-order valence-corrected chi connectivity index (χ3v) is 8.37. The zero-order chi connectivity index (χ0) is 30.2. The molecular weight excluding hydrogens is 510 g/mol. The Morgan fingerprint density at radius 1 is 0.585 bits per heavy atom. The summed E-state index contributed by atoms with van der Waals surface area (Å²) >= 11 is 0. The minimum atomic E-state index is -1.13. The molecule has 5 nitrogen and oxygen atoms in total. The monoisotopic (exact) mass is 582 g/mol. The summed E-state index contributed by atoms with van der Waals surface area (Å²) in [6, 6.07) is -0.807. The summed E-state index contributed by atoms with van der Waals surface area (Å²) in [7, 11) is 0. The average Bonchev–Trinajstić information content (AvgIpc) is 2.97. The van der Waals surface area contributed by atoms with Gasteiger partial charge in [-0.2, -0.15) is 0 Å². The number of unbranched alkanes of at least 4 members (excludes halogenated alkanes) is 22. The maximum atomic E-state index is 12.3. The summed E-state index contributed by atoms with van der Waals surface area (Å²) in [5.41, 5.74) is 0. The summed E-state index contributed by atoms with van der Waals surface area (Å²) in [5, 5.41) is 33.3. The van der Waals surface area contributed by atoms with Crippen molar-refractivity contribution in [3.05, 3.63) is 12.2 Å². The SMILES string of the molecule is CCCCCCCC/C=C\CCCCCCCC(=O)N[C@@H](CO)[C@H](O)C(O)CCCCCCCCCCCCCC. The number of aliphatic hydroxyl groups excluding tert-OH is 3. The predicted molar refractivity (Wildman–Crippen MR) is 176 cm³/mol. The van der Waals surface area contributed by atoms with Crippen molar-refractivity contribution in [3.8, 4) is 0 Å².